The van der Waals surface area contributed by atoms with Gasteiger partial charge in [0.05, 0.1) is 6.54 Å². The minimum atomic E-state index is -0.0314. The van der Waals surface area contributed by atoms with E-state index in [2.05, 4.69) is 26.5 Å². The van der Waals surface area contributed by atoms with Crippen LogP contribution in [0.1, 0.15) is 23.7 Å². The smallest absolute Gasteiger partial charge is 0.246 e. The molecule has 1 amide bonds. The van der Waals surface area contributed by atoms with E-state index in [4.69, 9.17) is 4.52 Å². The van der Waals surface area contributed by atoms with Crippen molar-refractivity contribution in [2.75, 3.05) is 0 Å². The molecule has 2 N–H and O–H groups in total. The van der Waals surface area contributed by atoms with Gasteiger partial charge in [0.25, 0.3) is 0 Å². The lowest BCUT2D eigenvalue weighted by Gasteiger charge is -2.02. The van der Waals surface area contributed by atoms with E-state index in [0.717, 1.165) is 16.5 Å². The van der Waals surface area contributed by atoms with E-state index < -0.39 is 0 Å². The van der Waals surface area contributed by atoms with Crippen LogP contribution < -0.4 is 5.32 Å². The number of benzene rings is 1. The van der Waals surface area contributed by atoms with Crippen LogP contribution in [-0.4, -0.2) is 21.0 Å². The van der Waals surface area contributed by atoms with Crippen molar-refractivity contribution in [1.82, 2.24) is 20.4 Å². The number of H-pyrrole nitrogens is 1. The Morgan fingerprint density at radius 2 is 2.24 bits per heavy atom. The third-order valence-corrected chi connectivity index (χ3v) is 3.30. The van der Waals surface area contributed by atoms with Crippen molar-refractivity contribution >= 4 is 16.8 Å². The molecule has 2 aromatic heterocycles. The van der Waals surface area contributed by atoms with E-state index >= 15 is 0 Å². The summed E-state index contributed by atoms with van der Waals surface area (Å²) in [4.78, 5) is 19.1. The number of amides is 1. The van der Waals surface area contributed by atoms with Crippen LogP contribution in [0.5, 0.6) is 0 Å². The van der Waals surface area contributed by atoms with Gasteiger partial charge < -0.3 is 14.8 Å². The fourth-order valence-corrected chi connectivity index (χ4v) is 2.26. The van der Waals surface area contributed by atoms with Gasteiger partial charge in [0.2, 0.25) is 11.8 Å². The van der Waals surface area contributed by atoms with Crippen molar-refractivity contribution in [1.29, 1.82) is 0 Å². The summed E-state index contributed by atoms with van der Waals surface area (Å²) in [7, 11) is 0. The van der Waals surface area contributed by atoms with Crippen LogP contribution in [0.4, 0.5) is 0 Å². The maximum atomic E-state index is 11.8. The van der Waals surface area contributed by atoms with Crippen LogP contribution in [0.3, 0.4) is 0 Å². The second-order valence-corrected chi connectivity index (χ2v) is 4.87. The van der Waals surface area contributed by atoms with Gasteiger partial charge in [0.1, 0.15) is 0 Å². The van der Waals surface area contributed by atoms with Gasteiger partial charge >= 0.3 is 0 Å². The van der Waals surface area contributed by atoms with Gasteiger partial charge in [0, 0.05) is 23.5 Å². The Kier molecular flexibility index (Phi) is 3.68. The van der Waals surface area contributed by atoms with Crippen LogP contribution in [0.15, 0.2) is 35.0 Å². The van der Waals surface area contributed by atoms with Gasteiger partial charge in [-0.3, -0.25) is 4.79 Å². The van der Waals surface area contributed by atoms with Gasteiger partial charge in [-0.2, -0.15) is 4.98 Å². The highest BCUT2D eigenvalue weighted by atomic mass is 16.5. The number of nitrogens with one attached hydrogen (secondary N) is 2. The van der Waals surface area contributed by atoms with Crippen LogP contribution >= 0.6 is 0 Å². The Labute approximate surface area is 121 Å². The molecular weight excluding hydrogens is 268 g/mol. The molecule has 0 aliphatic carbocycles. The first-order valence-electron chi connectivity index (χ1n) is 6.83. The average Bonchev–Trinajstić information content (AvgIpc) is 3.09. The molecule has 1 aromatic carbocycles. The molecule has 2 heterocycles. The maximum absolute atomic E-state index is 11.8. The molecule has 0 saturated heterocycles. The quantitative estimate of drug-likeness (QED) is 0.751. The van der Waals surface area contributed by atoms with E-state index in [-0.39, 0.29) is 12.5 Å². The standard InChI is InChI=1S/C15H16N4O2/c1-10-18-15(21-19-10)9-17-14(20)7-6-11-8-16-13-5-3-2-4-12(11)13/h2-5,8,16H,6-7,9H2,1H3,(H,17,20). The first-order chi connectivity index (χ1) is 10.2. The number of nitrogens with zero attached hydrogens (tertiary/aromatic N) is 2. The molecule has 0 saturated carbocycles. The number of aromatic nitrogens is 3. The molecule has 0 unspecified atom stereocenters. The molecule has 0 aliphatic rings. The number of fused-ring (bicyclic) bond motifs is 1. The van der Waals surface area contributed by atoms with Crippen molar-refractivity contribution in [2.24, 2.45) is 0 Å². The highest BCUT2D eigenvalue weighted by Gasteiger charge is 2.08. The lowest BCUT2D eigenvalue weighted by atomic mass is 10.1. The Hall–Kier alpha value is -2.63. The highest BCUT2D eigenvalue weighted by molar-refractivity contribution is 5.84. The van der Waals surface area contributed by atoms with Crippen LogP contribution in [-0.2, 0) is 17.8 Å². The van der Waals surface area contributed by atoms with Crippen LogP contribution in [0.25, 0.3) is 10.9 Å². The lowest BCUT2D eigenvalue weighted by molar-refractivity contribution is -0.121. The van der Waals surface area contributed by atoms with Crippen molar-refractivity contribution in [3.8, 4) is 0 Å². The summed E-state index contributed by atoms with van der Waals surface area (Å²) in [5.41, 5.74) is 2.24. The summed E-state index contributed by atoms with van der Waals surface area (Å²) in [6.07, 6.45) is 3.08. The number of carbonyl (C=O) groups excluding carboxylic acids is 1. The Morgan fingerprint density at radius 3 is 3.05 bits per heavy atom. The second kappa shape index (κ2) is 5.78. The predicted molar refractivity (Wildman–Crippen MR) is 77.5 cm³/mol. The molecule has 21 heavy (non-hydrogen) atoms. The molecule has 0 atom stereocenters. The number of carbonyl (C=O) groups is 1. The van der Waals surface area contributed by atoms with E-state index in [0.29, 0.717) is 24.6 Å². The lowest BCUT2D eigenvalue weighted by Crippen LogP contribution is -2.23. The molecule has 6 heteroatoms. The number of rotatable bonds is 5. The first-order valence-corrected chi connectivity index (χ1v) is 6.83. The summed E-state index contributed by atoms with van der Waals surface area (Å²) in [5.74, 6) is 0.960. The van der Waals surface area contributed by atoms with E-state index in [9.17, 15) is 4.79 Å². The van der Waals surface area contributed by atoms with Gasteiger partial charge in [-0.25, -0.2) is 0 Å². The van der Waals surface area contributed by atoms with Crippen molar-refractivity contribution in [2.45, 2.75) is 26.3 Å². The summed E-state index contributed by atoms with van der Waals surface area (Å²) in [5, 5.41) is 7.62. The number of hydrogen-bond donors (Lipinski definition) is 2. The largest absolute Gasteiger partial charge is 0.361 e. The number of para-hydroxylation sites is 1. The molecule has 108 valence electrons. The molecule has 0 radical (unpaired) electrons. The summed E-state index contributed by atoms with van der Waals surface area (Å²) in [6, 6.07) is 8.07. The summed E-state index contributed by atoms with van der Waals surface area (Å²) in [6.45, 7) is 2.01. The maximum Gasteiger partial charge on any atom is 0.246 e. The topological polar surface area (TPSA) is 83.8 Å². The van der Waals surface area contributed by atoms with Gasteiger partial charge in [-0.1, -0.05) is 23.4 Å². The third kappa shape index (κ3) is 3.10. The number of hydrogen-bond acceptors (Lipinski definition) is 4. The average molecular weight is 284 g/mol. The number of aromatic amines is 1. The predicted octanol–water partition coefficient (Wildman–Crippen LogP) is 2.11. The normalized spacial score (nSPS) is 10.9. The molecule has 0 fully saturated rings. The fourth-order valence-electron chi connectivity index (χ4n) is 2.26. The monoisotopic (exact) mass is 284 g/mol. The highest BCUT2D eigenvalue weighted by Crippen LogP contribution is 2.18. The number of aryl methyl sites for hydroxylation is 2. The SMILES string of the molecule is Cc1noc(CNC(=O)CCc2c[nH]c3ccccc23)n1. The van der Waals surface area contributed by atoms with E-state index in [1.165, 1.54) is 0 Å². The summed E-state index contributed by atoms with van der Waals surface area (Å²) >= 11 is 0. The third-order valence-electron chi connectivity index (χ3n) is 3.30. The molecule has 3 aromatic rings. The Morgan fingerprint density at radius 1 is 1.38 bits per heavy atom. The van der Waals surface area contributed by atoms with Crippen LogP contribution in [0, 0.1) is 6.92 Å². The molecule has 6 nitrogen and oxygen atoms in total. The minimum Gasteiger partial charge on any atom is -0.361 e. The zero-order valence-electron chi connectivity index (χ0n) is 11.7. The van der Waals surface area contributed by atoms with Gasteiger partial charge in [0.15, 0.2) is 5.82 Å². The zero-order chi connectivity index (χ0) is 14.7. The van der Waals surface area contributed by atoms with Crippen molar-refractivity contribution in [3.63, 3.8) is 0 Å². The zero-order valence-corrected chi connectivity index (χ0v) is 11.7. The minimum absolute atomic E-state index is 0.0314. The fraction of sp³-hybridized carbons (Fsp3) is 0.267. The molecular formula is C15H16N4O2. The molecule has 3 rings (SSSR count). The Bertz CT molecular complexity index is 760. The Balaban J connectivity index is 1.54. The van der Waals surface area contributed by atoms with E-state index in [1.807, 2.05) is 24.4 Å². The molecule has 0 spiro atoms. The second-order valence-electron chi connectivity index (χ2n) is 4.87. The van der Waals surface area contributed by atoms with E-state index in [1.54, 1.807) is 6.92 Å². The molecule has 0 aliphatic heterocycles. The summed E-state index contributed by atoms with van der Waals surface area (Å²) < 4.78 is 4.94. The van der Waals surface area contributed by atoms with Gasteiger partial charge in [-0.15, -0.1) is 0 Å². The van der Waals surface area contributed by atoms with Gasteiger partial charge in [-0.05, 0) is 25.0 Å². The van der Waals surface area contributed by atoms with Crippen molar-refractivity contribution in [3.05, 3.63) is 47.7 Å². The van der Waals surface area contributed by atoms with Crippen LogP contribution in [0.2, 0.25) is 0 Å². The first kappa shape index (κ1) is 13.4. The van der Waals surface area contributed by atoms with Crippen molar-refractivity contribution < 1.29 is 9.32 Å². The molecule has 0 bridgehead atoms.